The van der Waals surface area contributed by atoms with Crippen molar-refractivity contribution in [1.29, 1.82) is 0 Å². The van der Waals surface area contributed by atoms with Gasteiger partial charge in [-0.15, -0.1) is 0 Å². The number of rotatable bonds is 16. The molecule has 1 aliphatic heterocycles. The van der Waals surface area contributed by atoms with E-state index in [0.29, 0.717) is 12.8 Å². The Hall–Kier alpha value is -2.67. The summed E-state index contributed by atoms with van der Waals surface area (Å²) < 4.78 is 12.6. The largest absolute Gasteiger partial charge is 0.463 e. The summed E-state index contributed by atoms with van der Waals surface area (Å²) in [6.07, 6.45) is 25.8. The van der Waals surface area contributed by atoms with Crippen LogP contribution >= 0.6 is 0 Å². The normalized spacial score (nSPS) is 18.5. The minimum atomic E-state index is -0.429. The highest BCUT2D eigenvalue weighted by Crippen LogP contribution is 2.27. The third-order valence-corrected chi connectivity index (χ3v) is 5.71. The molecule has 0 amide bonds. The summed E-state index contributed by atoms with van der Waals surface area (Å²) in [5.74, 6) is 0.00997. The first-order chi connectivity index (χ1) is 16.6. The molecule has 2 rings (SSSR count). The van der Waals surface area contributed by atoms with Gasteiger partial charge >= 0.3 is 11.7 Å². The number of aromatic nitrogens is 2. The Kier molecular flexibility index (Phi) is 13.7. The summed E-state index contributed by atoms with van der Waals surface area (Å²) >= 11 is 0. The van der Waals surface area contributed by atoms with Crippen LogP contribution in [0.5, 0.6) is 0 Å². The minimum absolute atomic E-state index is 0.181. The average molecular weight is 472 g/mol. The molecule has 1 saturated heterocycles. The van der Waals surface area contributed by atoms with Gasteiger partial charge in [-0.1, -0.05) is 62.6 Å². The molecule has 34 heavy (non-hydrogen) atoms. The Balaban J connectivity index is 1.44. The van der Waals surface area contributed by atoms with Crippen molar-refractivity contribution >= 4 is 11.8 Å². The zero-order chi connectivity index (χ0) is 24.4. The van der Waals surface area contributed by atoms with Crippen molar-refractivity contribution in [2.24, 2.45) is 0 Å². The number of anilines is 1. The summed E-state index contributed by atoms with van der Waals surface area (Å²) in [4.78, 5) is 27.6. The molecule has 1 aromatic heterocycles. The predicted molar refractivity (Wildman–Crippen MR) is 136 cm³/mol. The molecule has 0 bridgehead atoms. The van der Waals surface area contributed by atoms with Crippen molar-refractivity contribution in [3.05, 3.63) is 59.2 Å². The van der Waals surface area contributed by atoms with Gasteiger partial charge in [0.15, 0.2) is 0 Å². The zero-order valence-electron chi connectivity index (χ0n) is 20.6. The van der Waals surface area contributed by atoms with E-state index in [-0.39, 0.29) is 30.7 Å². The summed E-state index contributed by atoms with van der Waals surface area (Å²) in [6, 6.07) is 1.57. The second-order valence-electron chi connectivity index (χ2n) is 8.62. The van der Waals surface area contributed by atoms with Gasteiger partial charge in [0.1, 0.15) is 18.7 Å². The number of unbranched alkanes of at least 4 members (excludes halogenated alkanes) is 5. The van der Waals surface area contributed by atoms with Crippen LogP contribution in [0.1, 0.15) is 90.2 Å². The van der Waals surface area contributed by atoms with E-state index in [1.807, 2.05) is 0 Å². The predicted octanol–water partition coefficient (Wildman–Crippen LogP) is 5.64. The van der Waals surface area contributed by atoms with E-state index in [2.05, 4.69) is 48.4 Å². The Morgan fingerprint density at radius 3 is 2.56 bits per heavy atom. The highest BCUT2D eigenvalue weighted by molar-refractivity contribution is 5.69. The summed E-state index contributed by atoms with van der Waals surface area (Å²) in [7, 11) is 0. The Morgan fingerprint density at radius 2 is 1.79 bits per heavy atom. The quantitative estimate of drug-likeness (QED) is 0.190. The number of nitrogens with two attached hydrogens (primary N) is 1. The van der Waals surface area contributed by atoms with Crippen molar-refractivity contribution in [2.45, 2.75) is 96.3 Å². The molecular weight excluding hydrogens is 430 g/mol. The fourth-order valence-electron chi connectivity index (χ4n) is 3.81. The highest BCUT2D eigenvalue weighted by Gasteiger charge is 2.28. The first-order valence-electron chi connectivity index (χ1n) is 12.7. The molecule has 2 N–H and O–H groups in total. The maximum atomic E-state index is 12.0. The fraction of sp³-hybridized carbons (Fsp3) is 0.593. The lowest BCUT2D eigenvalue weighted by Crippen LogP contribution is -2.28. The SMILES string of the molecule is CC/C=C\C/C=C\C/C=C\CCCCCCCC(=O)OC[C@@H]1CCC(n2ccc(N)nc2=O)O1. The van der Waals surface area contributed by atoms with Gasteiger partial charge in [-0.3, -0.25) is 9.36 Å². The van der Waals surface area contributed by atoms with E-state index in [0.717, 1.165) is 51.4 Å². The topological polar surface area (TPSA) is 96.4 Å². The van der Waals surface area contributed by atoms with Crippen LogP contribution in [0.4, 0.5) is 5.82 Å². The molecule has 0 saturated carbocycles. The second-order valence-corrected chi connectivity index (χ2v) is 8.62. The number of nitrogens with zero attached hydrogens (tertiary/aromatic N) is 2. The molecule has 1 unspecified atom stereocenters. The maximum absolute atomic E-state index is 12.0. The molecule has 0 aliphatic carbocycles. The first kappa shape index (κ1) is 27.6. The van der Waals surface area contributed by atoms with Crippen LogP contribution in [-0.4, -0.2) is 28.2 Å². The highest BCUT2D eigenvalue weighted by atomic mass is 16.6. The van der Waals surface area contributed by atoms with Crippen molar-refractivity contribution in [3.63, 3.8) is 0 Å². The third kappa shape index (κ3) is 11.5. The molecular formula is C27H41N3O4. The van der Waals surface area contributed by atoms with Crippen molar-refractivity contribution in [2.75, 3.05) is 12.3 Å². The van der Waals surface area contributed by atoms with E-state index in [1.54, 1.807) is 12.3 Å². The van der Waals surface area contributed by atoms with Crippen LogP contribution in [-0.2, 0) is 14.3 Å². The lowest BCUT2D eigenvalue weighted by atomic mass is 10.1. The van der Waals surface area contributed by atoms with E-state index < -0.39 is 5.69 Å². The maximum Gasteiger partial charge on any atom is 0.351 e. The van der Waals surface area contributed by atoms with Gasteiger partial charge in [-0.2, -0.15) is 4.98 Å². The van der Waals surface area contributed by atoms with Crippen LogP contribution < -0.4 is 11.4 Å². The van der Waals surface area contributed by atoms with E-state index in [1.165, 1.54) is 17.4 Å². The first-order valence-corrected chi connectivity index (χ1v) is 12.7. The Labute approximate surface area is 203 Å². The lowest BCUT2D eigenvalue weighted by Gasteiger charge is -2.15. The third-order valence-electron chi connectivity index (χ3n) is 5.71. The van der Waals surface area contributed by atoms with Gasteiger partial charge in [0.25, 0.3) is 0 Å². The van der Waals surface area contributed by atoms with Crippen molar-refractivity contribution in [3.8, 4) is 0 Å². The standard InChI is InChI=1S/C27H41N3O4/c1-2-3-4-5-6-7-8-9-10-11-12-13-14-15-16-17-26(31)33-22-23-18-19-25(34-23)30-21-20-24(28)29-27(30)32/h3-4,6-7,9-10,20-21,23,25H,2,5,8,11-19,22H2,1H3,(H2,28,29,32)/b4-3-,7-6-,10-9-/t23-,25?/m0/s1. The van der Waals surface area contributed by atoms with Crippen molar-refractivity contribution in [1.82, 2.24) is 9.55 Å². The number of hydrogen-bond acceptors (Lipinski definition) is 6. The number of allylic oxidation sites excluding steroid dienone is 6. The van der Waals surface area contributed by atoms with Crippen LogP contribution in [0, 0.1) is 0 Å². The average Bonchev–Trinajstić information content (AvgIpc) is 3.29. The van der Waals surface area contributed by atoms with E-state index in [9.17, 15) is 9.59 Å². The molecule has 1 aliphatic rings. The fourth-order valence-corrected chi connectivity index (χ4v) is 3.81. The number of hydrogen-bond donors (Lipinski definition) is 1. The molecule has 2 heterocycles. The summed E-state index contributed by atoms with van der Waals surface area (Å²) in [6.45, 7) is 2.37. The van der Waals surface area contributed by atoms with E-state index >= 15 is 0 Å². The molecule has 188 valence electrons. The van der Waals surface area contributed by atoms with Crippen molar-refractivity contribution < 1.29 is 14.3 Å². The second kappa shape index (κ2) is 16.9. The van der Waals surface area contributed by atoms with Gasteiger partial charge < -0.3 is 15.2 Å². The Morgan fingerprint density at radius 1 is 1.09 bits per heavy atom. The minimum Gasteiger partial charge on any atom is -0.463 e. The zero-order valence-corrected chi connectivity index (χ0v) is 20.6. The molecule has 1 fully saturated rings. The summed E-state index contributed by atoms with van der Waals surface area (Å²) in [5, 5.41) is 0. The van der Waals surface area contributed by atoms with Gasteiger partial charge in [0.2, 0.25) is 0 Å². The lowest BCUT2D eigenvalue weighted by molar-refractivity contribution is -0.148. The van der Waals surface area contributed by atoms with Gasteiger partial charge in [-0.25, -0.2) is 4.79 Å². The number of esters is 1. The van der Waals surface area contributed by atoms with Crippen LogP contribution in [0.25, 0.3) is 0 Å². The van der Waals surface area contributed by atoms with Crippen LogP contribution in [0.15, 0.2) is 53.5 Å². The summed E-state index contributed by atoms with van der Waals surface area (Å²) in [5.41, 5.74) is 5.09. The van der Waals surface area contributed by atoms with Gasteiger partial charge in [-0.05, 0) is 57.4 Å². The molecule has 1 aromatic rings. The smallest absolute Gasteiger partial charge is 0.351 e. The molecule has 0 spiro atoms. The molecule has 0 radical (unpaired) electrons. The van der Waals surface area contributed by atoms with Crippen LogP contribution in [0.2, 0.25) is 0 Å². The van der Waals surface area contributed by atoms with Crippen LogP contribution in [0.3, 0.4) is 0 Å². The van der Waals surface area contributed by atoms with E-state index in [4.69, 9.17) is 15.2 Å². The molecule has 7 nitrogen and oxygen atoms in total. The van der Waals surface area contributed by atoms with Gasteiger partial charge in [0, 0.05) is 12.6 Å². The Bertz CT molecular complexity index is 860. The monoisotopic (exact) mass is 471 g/mol. The number of carbonyl (C=O) groups is 1. The molecule has 7 heteroatoms. The number of carbonyl (C=O) groups excluding carboxylic acids is 1. The molecule has 0 aromatic carbocycles. The number of ether oxygens (including phenoxy) is 2. The molecule has 2 atom stereocenters. The number of nitrogen functional groups attached to an aromatic ring is 1. The van der Waals surface area contributed by atoms with Gasteiger partial charge in [0.05, 0.1) is 6.10 Å².